The van der Waals surface area contributed by atoms with Crippen LogP contribution in [0.25, 0.3) is 10.9 Å². The molecule has 1 amide bonds. The van der Waals surface area contributed by atoms with E-state index >= 15 is 0 Å². The van der Waals surface area contributed by atoms with Crippen LogP contribution < -0.4 is 5.73 Å². The number of hydrogen-bond donors (Lipinski definition) is 3. The first-order valence-corrected chi connectivity index (χ1v) is 7.34. The van der Waals surface area contributed by atoms with Gasteiger partial charge in [-0.25, -0.2) is 0 Å². The predicted molar refractivity (Wildman–Crippen MR) is 81.6 cm³/mol. The lowest BCUT2D eigenvalue weighted by Gasteiger charge is -2.38. The molecule has 0 radical (unpaired) electrons. The maximum Gasteiger partial charge on any atom is 0.220 e. The molecule has 0 saturated carbocycles. The first kappa shape index (κ1) is 14.1. The molecule has 0 aliphatic carbocycles. The van der Waals surface area contributed by atoms with Crippen molar-refractivity contribution in [2.75, 3.05) is 13.1 Å². The quantitative estimate of drug-likeness (QED) is 0.794. The smallest absolute Gasteiger partial charge is 0.220 e. The number of primary amides is 1. The van der Waals surface area contributed by atoms with Crippen molar-refractivity contribution >= 4 is 16.8 Å². The Bertz CT molecular complexity index is 652. The number of rotatable bonds is 4. The van der Waals surface area contributed by atoms with E-state index in [2.05, 4.69) is 28.1 Å². The number of amides is 1. The number of nitrogens with zero attached hydrogens (tertiary/aromatic N) is 1. The van der Waals surface area contributed by atoms with Gasteiger partial charge < -0.3 is 15.8 Å². The highest BCUT2D eigenvalue weighted by molar-refractivity contribution is 5.82. The summed E-state index contributed by atoms with van der Waals surface area (Å²) in [6, 6.07) is 8.27. The number of aliphatic hydroxyl groups is 1. The summed E-state index contributed by atoms with van der Waals surface area (Å²) in [5.41, 5.74) is 6.62. The highest BCUT2D eigenvalue weighted by Gasteiger charge is 2.34. The van der Waals surface area contributed by atoms with Crippen LogP contribution >= 0.6 is 0 Å². The summed E-state index contributed by atoms with van der Waals surface area (Å²) in [7, 11) is 0. The number of nitrogens with one attached hydrogen (secondary N) is 1. The summed E-state index contributed by atoms with van der Waals surface area (Å²) in [4.78, 5) is 16.5. The molecule has 0 spiro atoms. The molecule has 1 aromatic carbocycles. The van der Waals surface area contributed by atoms with Crippen LogP contribution in [0.2, 0.25) is 0 Å². The van der Waals surface area contributed by atoms with E-state index in [1.807, 2.05) is 12.3 Å². The minimum Gasteiger partial charge on any atom is -0.388 e. The number of carbonyl (C=O) groups is 1. The van der Waals surface area contributed by atoms with E-state index < -0.39 is 11.5 Å². The third-order valence-corrected chi connectivity index (χ3v) is 4.22. The number of benzene rings is 1. The van der Waals surface area contributed by atoms with Gasteiger partial charge in [-0.2, -0.15) is 0 Å². The average molecular weight is 287 g/mol. The van der Waals surface area contributed by atoms with Crippen molar-refractivity contribution in [2.45, 2.75) is 31.4 Å². The van der Waals surface area contributed by atoms with Crippen molar-refractivity contribution in [3.05, 3.63) is 36.0 Å². The van der Waals surface area contributed by atoms with E-state index in [0.717, 1.165) is 25.0 Å². The van der Waals surface area contributed by atoms with Crippen LogP contribution in [0.1, 0.15) is 24.8 Å². The fourth-order valence-electron chi connectivity index (χ4n) is 3.34. The van der Waals surface area contributed by atoms with Crippen molar-refractivity contribution in [2.24, 2.45) is 5.73 Å². The number of piperidine rings is 1. The van der Waals surface area contributed by atoms with Crippen LogP contribution in [0.15, 0.2) is 30.5 Å². The van der Waals surface area contributed by atoms with Crippen LogP contribution in [-0.4, -0.2) is 39.6 Å². The summed E-state index contributed by atoms with van der Waals surface area (Å²) in [6.07, 6.45) is 3.50. The number of H-pyrrole nitrogens is 1. The van der Waals surface area contributed by atoms with Gasteiger partial charge in [0, 0.05) is 30.2 Å². The van der Waals surface area contributed by atoms with Crippen LogP contribution in [0, 0.1) is 0 Å². The second-order valence-corrected chi connectivity index (χ2v) is 6.04. The van der Waals surface area contributed by atoms with E-state index in [-0.39, 0.29) is 6.42 Å². The first-order chi connectivity index (χ1) is 10.1. The van der Waals surface area contributed by atoms with Crippen LogP contribution in [-0.2, 0) is 11.3 Å². The first-order valence-electron chi connectivity index (χ1n) is 7.34. The number of nitrogens with two attached hydrogens (primary N) is 1. The van der Waals surface area contributed by atoms with Crippen LogP contribution in [0.5, 0.6) is 0 Å². The van der Waals surface area contributed by atoms with Crippen molar-refractivity contribution in [3.8, 4) is 0 Å². The Balaban J connectivity index is 1.75. The van der Waals surface area contributed by atoms with E-state index in [4.69, 9.17) is 5.73 Å². The third kappa shape index (κ3) is 3.09. The zero-order chi connectivity index (χ0) is 14.9. The van der Waals surface area contributed by atoms with Crippen LogP contribution in [0.4, 0.5) is 0 Å². The second-order valence-electron chi connectivity index (χ2n) is 6.04. The Morgan fingerprint density at radius 3 is 3.10 bits per heavy atom. The second kappa shape index (κ2) is 5.50. The SMILES string of the molecule is NC(=O)CC1(O)CCCN(Cc2cccc3[nH]ccc23)C1. The van der Waals surface area contributed by atoms with Gasteiger partial charge in [0.1, 0.15) is 0 Å². The van der Waals surface area contributed by atoms with Gasteiger partial charge in [0.05, 0.1) is 12.0 Å². The number of carbonyl (C=O) groups excluding carboxylic acids is 1. The summed E-state index contributed by atoms with van der Waals surface area (Å²) in [5.74, 6) is -0.438. The largest absolute Gasteiger partial charge is 0.388 e. The van der Waals surface area contributed by atoms with Gasteiger partial charge >= 0.3 is 0 Å². The fraction of sp³-hybridized carbons (Fsp3) is 0.438. The molecule has 5 heteroatoms. The summed E-state index contributed by atoms with van der Waals surface area (Å²) >= 11 is 0. The standard InChI is InChI=1S/C16H21N3O2/c17-15(20)9-16(21)6-2-8-19(11-16)10-12-3-1-4-14-13(12)5-7-18-14/h1,3-5,7,18,21H,2,6,8-11H2,(H2,17,20). The lowest BCUT2D eigenvalue weighted by atomic mass is 9.89. The Hall–Kier alpha value is -1.85. The predicted octanol–water partition coefficient (Wildman–Crippen LogP) is 1.37. The Labute approximate surface area is 123 Å². The molecule has 2 heterocycles. The van der Waals surface area contributed by atoms with Crippen molar-refractivity contribution < 1.29 is 9.90 Å². The molecule has 1 atom stereocenters. The number of aromatic nitrogens is 1. The minimum absolute atomic E-state index is 0.0395. The molecule has 1 fully saturated rings. The van der Waals surface area contributed by atoms with Gasteiger partial charge in [0.15, 0.2) is 0 Å². The number of aromatic amines is 1. The molecule has 1 aromatic heterocycles. The molecular weight excluding hydrogens is 266 g/mol. The molecule has 21 heavy (non-hydrogen) atoms. The van der Waals surface area contributed by atoms with Gasteiger partial charge in [-0.05, 0) is 37.1 Å². The zero-order valence-electron chi connectivity index (χ0n) is 12.0. The molecule has 5 nitrogen and oxygen atoms in total. The highest BCUT2D eigenvalue weighted by atomic mass is 16.3. The lowest BCUT2D eigenvalue weighted by molar-refractivity contribution is -0.125. The minimum atomic E-state index is -0.976. The molecule has 4 N–H and O–H groups in total. The Morgan fingerprint density at radius 2 is 2.29 bits per heavy atom. The molecule has 3 rings (SSSR count). The molecule has 2 aromatic rings. The molecule has 1 saturated heterocycles. The molecule has 112 valence electrons. The number of hydrogen-bond acceptors (Lipinski definition) is 3. The van der Waals surface area contributed by atoms with E-state index in [9.17, 15) is 9.90 Å². The van der Waals surface area contributed by atoms with Gasteiger partial charge in [-0.15, -0.1) is 0 Å². The number of fused-ring (bicyclic) bond motifs is 1. The van der Waals surface area contributed by atoms with Gasteiger partial charge in [-0.1, -0.05) is 12.1 Å². The van der Waals surface area contributed by atoms with Crippen molar-refractivity contribution in [3.63, 3.8) is 0 Å². The van der Waals surface area contributed by atoms with Crippen molar-refractivity contribution in [1.29, 1.82) is 0 Å². The monoisotopic (exact) mass is 287 g/mol. The number of β-amino-alcohol motifs (C(OH)–C–C–N with tert-alkyl or cyclic N) is 1. The van der Waals surface area contributed by atoms with E-state index in [0.29, 0.717) is 13.0 Å². The summed E-state index contributed by atoms with van der Waals surface area (Å²) in [5, 5.41) is 11.7. The molecule has 0 bridgehead atoms. The topological polar surface area (TPSA) is 82.3 Å². The van der Waals surface area contributed by atoms with Crippen LogP contribution in [0.3, 0.4) is 0 Å². The lowest BCUT2D eigenvalue weighted by Crippen LogP contribution is -2.49. The normalized spacial score (nSPS) is 23.5. The Morgan fingerprint density at radius 1 is 1.43 bits per heavy atom. The molecular formula is C16H21N3O2. The molecule has 1 unspecified atom stereocenters. The highest BCUT2D eigenvalue weighted by Crippen LogP contribution is 2.27. The maximum absolute atomic E-state index is 11.1. The maximum atomic E-state index is 11.1. The Kier molecular flexibility index (Phi) is 3.69. The van der Waals surface area contributed by atoms with Crippen molar-refractivity contribution in [1.82, 2.24) is 9.88 Å². The van der Waals surface area contributed by atoms with E-state index in [1.165, 1.54) is 10.9 Å². The fourth-order valence-corrected chi connectivity index (χ4v) is 3.34. The number of likely N-dealkylation sites (tertiary alicyclic amines) is 1. The zero-order valence-corrected chi connectivity index (χ0v) is 12.0. The van der Waals surface area contributed by atoms with Gasteiger partial charge in [0.25, 0.3) is 0 Å². The van der Waals surface area contributed by atoms with Gasteiger partial charge in [0.2, 0.25) is 5.91 Å². The molecule has 1 aliphatic rings. The molecule has 1 aliphatic heterocycles. The van der Waals surface area contributed by atoms with E-state index in [1.54, 1.807) is 0 Å². The summed E-state index contributed by atoms with van der Waals surface area (Å²) < 4.78 is 0. The van der Waals surface area contributed by atoms with Gasteiger partial charge in [-0.3, -0.25) is 9.69 Å². The average Bonchev–Trinajstić information content (AvgIpc) is 2.86. The summed E-state index contributed by atoms with van der Waals surface area (Å²) in [6.45, 7) is 2.20. The third-order valence-electron chi connectivity index (χ3n) is 4.22.